The molecule has 1 aliphatic heterocycles. The lowest BCUT2D eigenvalue weighted by molar-refractivity contribution is -0.150. The van der Waals surface area contributed by atoms with Gasteiger partial charge in [-0.2, -0.15) is 13.2 Å². The average molecular weight is 277 g/mol. The number of halogens is 3. The Morgan fingerprint density at radius 3 is 2.42 bits per heavy atom. The molecule has 1 saturated heterocycles. The van der Waals surface area contributed by atoms with Crippen molar-refractivity contribution in [2.45, 2.75) is 12.2 Å². The van der Waals surface area contributed by atoms with Crippen molar-refractivity contribution in [2.24, 2.45) is 5.73 Å². The number of alkyl halides is 3. The molecule has 1 fully saturated rings. The van der Waals surface area contributed by atoms with Crippen LogP contribution < -0.4 is 5.73 Å². The van der Waals surface area contributed by atoms with Gasteiger partial charge in [0.05, 0.1) is 18.8 Å². The minimum Gasteiger partial charge on any atom is -0.468 e. The topological polar surface area (TPSA) is 45.6 Å². The minimum atomic E-state index is -4.13. The molecule has 1 aliphatic rings. The fraction of sp³-hybridized carbons (Fsp3) is 0.667. The molecule has 1 aromatic heterocycles. The average Bonchev–Trinajstić information content (AvgIpc) is 2.84. The predicted octanol–water partition coefficient (Wildman–Crippen LogP) is 1.46. The fourth-order valence-corrected chi connectivity index (χ4v) is 2.41. The Balaban J connectivity index is 1.88. The van der Waals surface area contributed by atoms with Crippen molar-refractivity contribution in [2.75, 3.05) is 39.3 Å². The zero-order valence-electron chi connectivity index (χ0n) is 10.6. The van der Waals surface area contributed by atoms with Gasteiger partial charge in [0.2, 0.25) is 0 Å². The van der Waals surface area contributed by atoms with Crippen molar-refractivity contribution >= 4 is 0 Å². The van der Waals surface area contributed by atoms with Crippen LogP contribution in [0, 0.1) is 0 Å². The molecular weight excluding hydrogens is 259 g/mol. The molecule has 0 bridgehead atoms. The van der Waals surface area contributed by atoms with E-state index in [9.17, 15) is 13.2 Å². The van der Waals surface area contributed by atoms with Crippen LogP contribution in [-0.2, 0) is 0 Å². The van der Waals surface area contributed by atoms with Crippen molar-refractivity contribution < 1.29 is 17.6 Å². The van der Waals surface area contributed by atoms with E-state index in [0.717, 1.165) is 5.76 Å². The molecular formula is C12H18F3N3O. The summed E-state index contributed by atoms with van der Waals surface area (Å²) >= 11 is 0. The standard InChI is InChI=1S/C12H18F3N3O/c13-12(14,15)9-17-3-5-18(6-4-17)10(8-16)11-2-1-7-19-11/h1-2,7,10H,3-6,8-9,16H2. The van der Waals surface area contributed by atoms with Gasteiger partial charge in [-0.25, -0.2) is 0 Å². The van der Waals surface area contributed by atoms with Crippen LogP contribution in [0.4, 0.5) is 13.2 Å². The Morgan fingerprint density at radius 2 is 1.95 bits per heavy atom. The highest BCUT2D eigenvalue weighted by Gasteiger charge is 2.33. The molecule has 1 atom stereocenters. The number of piperazine rings is 1. The number of furan rings is 1. The van der Waals surface area contributed by atoms with Gasteiger partial charge in [0.25, 0.3) is 0 Å². The first kappa shape index (κ1) is 14.4. The van der Waals surface area contributed by atoms with Crippen LogP contribution in [0.2, 0.25) is 0 Å². The predicted molar refractivity (Wildman–Crippen MR) is 64.6 cm³/mol. The van der Waals surface area contributed by atoms with E-state index in [4.69, 9.17) is 10.2 Å². The molecule has 4 nitrogen and oxygen atoms in total. The second kappa shape index (κ2) is 5.94. The smallest absolute Gasteiger partial charge is 0.401 e. The molecule has 2 rings (SSSR count). The van der Waals surface area contributed by atoms with Crippen molar-refractivity contribution in [1.82, 2.24) is 9.80 Å². The minimum absolute atomic E-state index is 0.0527. The van der Waals surface area contributed by atoms with E-state index in [2.05, 4.69) is 4.90 Å². The Bertz CT molecular complexity index is 372. The highest BCUT2D eigenvalue weighted by Crippen LogP contribution is 2.23. The summed E-state index contributed by atoms with van der Waals surface area (Å²) in [5.74, 6) is 0.770. The first-order valence-electron chi connectivity index (χ1n) is 6.26. The molecule has 7 heteroatoms. The largest absolute Gasteiger partial charge is 0.468 e. The van der Waals surface area contributed by atoms with Crippen molar-refractivity contribution in [3.05, 3.63) is 24.2 Å². The highest BCUT2D eigenvalue weighted by molar-refractivity contribution is 5.05. The van der Waals surface area contributed by atoms with Gasteiger partial charge in [-0.3, -0.25) is 9.80 Å². The number of rotatable bonds is 4. The van der Waals surface area contributed by atoms with E-state index in [-0.39, 0.29) is 6.04 Å². The SMILES string of the molecule is NCC(c1ccco1)N1CCN(CC(F)(F)F)CC1. The molecule has 1 aromatic rings. The van der Waals surface area contributed by atoms with Crippen LogP contribution in [-0.4, -0.2) is 55.2 Å². The van der Waals surface area contributed by atoms with Crippen molar-refractivity contribution in [1.29, 1.82) is 0 Å². The third-order valence-electron chi connectivity index (χ3n) is 3.35. The maximum absolute atomic E-state index is 12.3. The third-order valence-corrected chi connectivity index (χ3v) is 3.35. The van der Waals surface area contributed by atoms with E-state index in [1.807, 2.05) is 6.07 Å². The van der Waals surface area contributed by atoms with Gasteiger partial charge in [-0.1, -0.05) is 0 Å². The van der Waals surface area contributed by atoms with Gasteiger partial charge >= 0.3 is 6.18 Å². The van der Waals surface area contributed by atoms with Crippen LogP contribution in [0.3, 0.4) is 0 Å². The quantitative estimate of drug-likeness (QED) is 0.905. The molecule has 108 valence electrons. The van der Waals surface area contributed by atoms with Gasteiger partial charge in [0, 0.05) is 32.7 Å². The molecule has 0 spiro atoms. The van der Waals surface area contributed by atoms with Gasteiger partial charge in [0.1, 0.15) is 5.76 Å². The third kappa shape index (κ3) is 3.95. The summed E-state index contributed by atoms with van der Waals surface area (Å²) < 4.78 is 42.2. The molecule has 0 radical (unpaired) electrons. The summed E-state index contributed by atoms with van der Waals surface area (Å²) in [6.07, 6.45) is -2.55. The maximum Gasteiger partial charge on any atom is 0.401 e. The maximum atomic E-state index is 12.3. The van der Waals surface area contributed by atoms with E-state index < -0.39 is 12.7 Å². The normalized spacial score (nSPS) is 20.6. The van der Waals surface area contributed by atoms with Crippen LogP contribution >= 0.6 is 0 Å². The second-order valence-corrected chi connectivity index (χ2v) is 4.69. The van der Waals surface area contributed by atoms with Crippen molar-refractivity contribution in [3.63, 3.8) is 0 Å². The van der Waals surface area contributed by atoms with Crippen LogP contribution in [0.1, 0.15) is 11.8 Å². The Kier molecular flexibility index (Phi) is 4.49. The van der Waals surface area contributed by atoms with Crippen LogP contribution in [0.15, 0.2) is 22.8 Å². The molecule has 2 N–H and O–H groups in total. The molecule has 2 heterocycles. The Labute approximate surface area is 109 Å². The summed E-state index contributed by atoms with van der Waals surface area (Å²) in [5.41, 5.74) is 5.74. The number of hydrogen-bond donors (Lipinski definition) is 1. The Hall–Kier alpha value is -1.05. The number of nitrogens with two attached hydrogens (primary N) is 1. The summed E-state index contributed by atoms with van der Waals surface area (Å²) in [4.78, 5) is 3.50. The van der Waals surface area contributed by atoms with E-state index in [1.165, 1.54) is 4.90 Å². The number of hydrogen-bond acceptors (Lipinski definition) is 4. The van der Waals surface area contributed by atoms with E-state index in [0.29, 0.717) is 32.7 Å². The van der Waals surface area contributed by atoms with Gasteiger partial charge < -0.3 is 10.2 Å². The molecule has 0 aromatic carbocycles. The lowest BCUT2D eigenvalue weighted by Crippen LogP contribution is -2.51. The molecule has 0 saturated carbocycles. The summed E-state index contributed by atoms with van der Waals surface area (Å²) in [7, 11) is 0. The molecule has 0 aliphatic carbocycles. The monoisotopic (exact) mass is 277 g/mol. The van der Waals surface area contributed by atoms with E-state index in [1.54, 1.807) is 12.3 Å². The van der Waals surface area contributed by atoms with Gasteiger partial charge in [-0.05, 0) is 12.1 Å². The zero-order valence-corrected chi connectivity index (χ0v) is 10.6. The Morgan fingerprint density at radius 1 is 1.26 bits per heavy atom. The number of nitrogens with zero attached hydrogens (tertiary/aromatic N) is 2. The first-order chi connectivity index (χ1) is 8.99. The first-order valence-corrected chi connectivity index (χ1v) is 6.26. The molecule has 19 heavy (non-hydrogen) atoms. The van der Waals surface area contributed by atoms with Gasteiger partial charge in [-0.15, -0.1) is 0 Å². The summed E-state index contributed by atoms with van der Waals surface area (Å²) in [5, 5.41) is 0. The van der Waals surface area contributed by atoms with E-state index >= 15 is 0 Å². The lowest BCUT2D eigenvalue weighted by atomic mass is 10.1. The lowest BCUT2D eigenvalue weighted by Gasteiger charge is -2.38. The summed E-state index contributed by atoms with van der Waals surface area (Å²) in [6.45, 7) is 1.49. The zero-order chi connectivity index (χ0) is 13.9. The highest BCUT2D eigenvalue weighted by atomic mass is 19.4. The second-order valence-electron chi connectivity index (χ2n) is 4.69. The molecule has 0 amide bonds. The fourth-order valence-electron chi connectivity index (χ4n) is 2.41. The van der Waals surface area contributed by atoms with Crippen LogP contribution in [0.25, 0.3) is 0 Å². The van der Waals surface area contributed by atoms with Crippen LogP contribution in [0.5, 0.6) is 0 Å². The molecule has 1 unspecified atom stereocenters. The van der Waals surface area contributed by atoms with Crippen molar-refractivity contribution in [3.8, 4) is 0 Å². The summed E-state index contributed by atoms with van der Waals surface area (Å²) in [6, 6.07) is 3.58. The van der Waals surface area contributed by atoms with Gasteiger partial charge in [0.15, 0.2) is 0 Å².